The lowest BCUT2D eigenvalue weighted by atomic mass is 9.85. The zero-order chi connectivity index (χ0) is 13.9. The molecule has 1 fully saturated rings. The minimum atomic E-state index is 0.348. The van der Waals surface area contributed by atoms with Crippen LogP contribution in [0.1, 0.15) is 34.1 Å². The van der Waals surface area contributed by atoms with E-state index in [0.717, 1.165) is 12.0 Å². The van der Waals surface area contributed by atoms with Crippen LogP contribution in [0.2, 0.25) is 0 Å². The number of hydrogen-bond donors (Lipinski definition) is 1. The maximum absolute atomic E-state index is 3.47. The molecule has 1 N–H and O–H groups in total. The zero-order valence-electron chi connectivity index (χ0n) is 13.5. The van der Waals surface area contributed by atoms with E-state index in [1.54, 1.807) is 0 Å². The van der Waals surface area contributed by atoms with Crippen molar-refractivity contribution in [3.8, 4) is 0 Å². The zero-order valence-corrected chi connectivity index (χ0v) is 13.5. The third kappa shape index (κ3) is 4.22. The van der Waals surface area contributed by atoms with Crippen molar-refractivity contribution in [2.75, 3.05) is 40.8 Å². The topological polar surface area (TPSA) is 18.5 Å². The van der Waals surface area contributed by atoms with Crippen molar-refractivity contribution in [1.82, 2.24) is 15.1 Å². The van der Waals surface area contributed by atoms with Crippen LogP contribution in [0.4, 0.5) is 0 Å². The number of nitrogens with zero attached hydrogens (tertiary/aromatic N) is 2. The van der Waals surface area contributed by atoms with Gasteiger partial charge < -0.3 is 15.1 Å². The molecule has 0 radical (unpaired) electrons. The van der Waals surface area contributed by atoms with Crippen LogP contribution in [0.25, 0.3) is 0 Å². The number of nitrogens with one attached hydrogen (secondary N) is 1. The lowest BCUT2D eigenvalue weighted by Gasteiger charge is -2.32. The van der Waals surface area contributed by atoms with Crippen molar-refractivity contribution in [2.24, 2.45) is 11.3 Å². The SMILES string of the molecule is CNC(CCN1CC(C)C(N(C)C)C1)C(C)(C)C. The molecule has 0 aromatic carbocycles. The van der Waals surface area contributed by atoms with Gasteiger partial charge in [-0.3, -0.25) is 0 Å². The summed E-state index contributed by atoms with van der Waals surface area (Å²) >= 11 is 0. The average molecular weight is 255 g/mol. The number of likely N-dealkylation sites (N-methyl/N-ethyl adjacent to an activating group) is 1. The van der Waals surface area contributed by atoms with Crippen molar-refractivity contribution in [3.63, 3.8) is 0 Å². The molecule has 0 aliphatic carbocycles. The highest BCUT2D eigenvalue weighted by Gasteiger charge is 2.31. The van der Waals surface area contributed by atoms with Crippen LogP contribution in [-0.4, -0.2) is 62.7 Å². The highest BCUT2D eigenvalue weighted by molar-refractivity contribution is 4.88. The van der Waals surface area contributed by atoms with Gasteiger partial charge in [0, 0.05) is 25.2 Å². The van der Waals surface area contributed by atoms with Crippen molar-refractivity contribution in [2.45, 2.75) is 46.2 Å². The molecule has 3 heteroatoms. The third-order valence-electron chi connectivity index (χ3n) is 4.44. The van der Waals surface area contributed by atoms with Gasteiger partial charge in [-0.15, -0.1) is 0 Å². The van der Waals surface area contributed by atoms with Gasteiger partial charge in [0.1, 0.15) is 0 Å². The van der Waals surface area contributed by atoms with Gasteiger partial charge >= 0.3 is 0 Å². The molecular weight excluding hydrogens is 222 g/mol. The van der Waals surface area contributed by atoms with Gasteiger partial charge in [0.25, 0.3) is 0 Å². The fourth-order valence-electron chi connectivity index (χ4n) is 3.22. The molecule has 1 rings (SSSR count). The molecule has 1 aliphatic rings. The highest BCUT2D eigenvalue weighted by Crippen LogP contribution is 2.24. The van der Waals surface area contributed by atoms with Gasteiger partial charge in [-0.2, -0.15) is 0 Å². The first-order valence-corrected chi connectivity index (χ1v) is 7.31. The molecule has 3 unspecified atom stereocenters. The Morgan fingerprint density at radius 3 is 2.28 bits per heavy atom. The van der Waals surface area contributed by atoms with Crippen LogP contribution in [0.15, 0.2) is 0 Å². The Kier molecular flexibility index (Phi) is 5.63. The molecule has 0 aromatic heterocycles. The minimum absolute atomic E-state index is 0.348. The van der Waals surface area contributed by atoms with E-state index in [4.69, 9.17) is 0 Å². The van der Waals surface area contributed by atoms with Crippen molar-refractivity contribution in [1.29, 1.82) is 0 Å². The van der Waals surface area contributed by atoms with Gasteiger partial charge in [0.15, 0.2) is 0 Å². The van der Waals surface area contributed by atoms with Crippen molar-refractivity contribution < 1.29 is 0 Å². The first-order chi connectivity index (χ1) is 8.25. The number of hydrogen-bond acceptors (Lipinski definition) is 3. The Bertz CT molecular complexity index is 245. The van der Waals surface area contributed by atoms with Crippen LogP contribution >= 0.6 is 0 Å². The first-order valence-electron chi connectivity index (χ1n) is 7.31. The molecule has 1 aliphatic heterocycles. The Morgan fingerprint density at radius 2 is 1.89 bits per heavy atom. The molecule has 18 heavy (non-hydrogen) atoms. The van der Waals surface area contributed by atoms with Crippen LogP contribution < -0.4 is 5.32 Å². The van der Waals surface area contributed by atoms with Crippen LogP contribution in [0.3, 0.4) is 0 Å². The molecule has 0 spiro atoms. The van der Waals surface area contributed by atoms with Crippen LogP contribution in [0, 0.1) is 11.3 Å². The van der Waals surface area contributed by atoms with Gasteiger partial charge in [-0.25, -0.2) is 0 Å². The monoisotopic (exact) mass is 255 g/mol. The van der Waals surface area contributed by atoms with E-state index in [9.17, 15) is 0 Å². The summed E-state index contributed by atoms with van der Waals surface area (Å²) in [6.45, 7) is 13.1. The van der Waals surface area contributed by atoms with E-state index in [1.807, 2.05) is 0 Å². The lowest BCUT2D eigenvalue weighted by Crippen LogP contribution is -2.41. The molecule has 1 heterocycles. The van der Waals surface area contributed by atoms with Crippen LogP contribution in [-0.2, 0) is 0 Å². The van der Waals surface area contributed by atoms with E-state index in [1.165, 1.54) is 26.1 Å². The maximum atomic E-state index is 3.47. The molecule has 3 atom stereocenters. The second kappa shape index (κ2) is 6.36. The summed E-state index contributed by atoms with van der Waals surface area (Å²) in [4.78, 5) is 5.01. The molecule has 1 saturated heterocycles. The Balaban J connectivity index is 2.41. The molecule has 108 valence electrons. The molecule has 0 amide bonds. The second-order valence-corrected chi connectivity index (χ2v) is 7.26. The van der Waals surface area contributed by atoms with Gasteiger partial charge in [0.2, 0.25) is 0 Å². The predicted octanol–water partition coefficient (Wildman–Crippen LogP) is 1.89. The molecular formula is C15H33N3. The van der Waals surface area contributed by atoms with E-state index in [2.05, 4.69) is 64.0 Å². The summed E-state index contributed by atoms with van der Waals surface area (Å²) in [6.07, 6.45) is 1.24. The summed E-state index contributed by atoms with van der Waals surface area (Å²) < 4.78 is 0. The molecule has 0 saturated carbocycles. The maximum Gasteiger partial charge on any atom is 0.0254 e. The first kappa shape index (κ1) is 15.9. The predicted molar refractivity (Wildman–Crippen MR) is 80.0 cm³/mol. The molecule has 0 bridgehead atoms. The largest absolute Gasteiger partial charge is 0.316 e. The smallest absolute Gasteiger partial charge is 0.0254 e. The minimum Gasteiger partial charge on any atom is -0.316 e. The third-order valence-corrected chi connectivity index (χ3v) is 4.44. The molecule has 0 aromatic rings. The Hall–Kier alpha value is -0.120. The van der Waals surface area contributed by atoms with Gasteiger partial charge in [0.05, 0.1) is 0 Å². The molecule has 3 nitrogen and oxygen atoms in total. The van der Waals surface area contributed by atoms with Gasteiger partial charge in [-0.05, 0) is 45.4 Å². The van der Waals surface area contributed by atoms with Crippen molar-refractivity contribution in [3.05, 3.63) is 0 Å². The fraction of sp³-hybridized carbons (Fsp3) is 1.00. The highest BCUT2D eigenvalue weighted by atomic mass is 15.2. The fourth-order valence-corrected chi connectivity index (χ4v) is 3.22. The standard InChI is InChI=1S/C15H33N3/c1-12-10-18(11-13(12)17(6)7)9-8-14(16-5)15(2,3)4/h12-14,16H,8-11H2,1-7H3. The summed E-state index contributed by atoms with van der Waals surface area (Å²) in [6, 6.07) is 1.33. The normalized spacial score (nSPS) is 28.0. The summed E-state index contributed by atoms with van der Waals surface area (Å²) in [5.41, 5.74) is 0.348. The average Bonchev–Trinajstić information content (AvgIpc) is 2.58. The van der Waals surface area contributed by atoms with E-state index in [0.29, 0.717) is 11.5 Å². The summed E-state index contributed by atoms with van der Waals surface area (Å²) in [5, 5.41) is 3.47. The number of likely N-dealkylation sites (tertiary alicyclic amines) is 1. The quantitative estimate of drug-likeness (QED) is 0.809. The van der Waals surface area contributed by atoms with E-state index >= 15 is 0 Å². The second-order valence-electron chi connectivity index (χ2n) is 7.26. The Labute approximate surface area is 114 Å². The lowest BCUT2D eigenvalue weighted by molar-refractivity contribution is 0.218. The summed E-state index contributed by atoms with van der Waals surface area (Å²) in [5.74, 6) is 0.794. The van der Waals surface area contributed by atoms with Gasteiger partial charge in [-0.1, -0.05) is 27.7 Å². The van der Waals surface area contributed by atoms with E-state index < -0.39 is 0 Å². The van der Waals surface area contributed by atoms with E-state index in [-0.39, 0.29) is 0 Å². The number of rotatable bonds is 5. The van der Waals surface area contributed by atoms with Crippen molar-refractivity contribution >= 4 is 0 Å². The summed E-state index contributed by atoms with van der Waals surface area (Å²) in [7, 11) is 6.50. The Morgan fingerprint density at radius 1 is 1.28 bits per heavy atom. The van der Waals surface area contributed by atoms with Crippen LogP contribution in [0.5, 0.6) is 0 Å².